The van der Waals surface area contributed by atoms with Crippen molar-refractivity contribution in [2.24, 2.45) is 0 Å². The van der Waals surface area contributed by atoms with Gasteiger partial charge in [0.15, 0.2) is 15.6 Å². The van der Waals surface area contributed by atoms with E-state index in [1.165, 1.54) is 6.20 Å². The van der Waals surface area contributed by atoms with Crippen LogP contribution in [0, 0.1) is 0 Å². The lowest BCUT2D eigenvalue weighted by Crippen LogP contribution is -2.46. The number of hydrogen-bond acceptors (Lipinski definition) is 5. The SMILES string of the molecule is CC(C)n1ncc(Cl)c1C(=O)CC1CS(=O)(=O)CCN1. The summed E-state index contributed by atoms with van der Waals surface area (Å²) in [7, 11) is -3.05. The summed E-state index contributed by atoms with van der Waals surface area (Å²) in [6.45, 7) is 4.20. The number of halogens is 1. The Kier molecular flexibility index (Phi) is 4.51. The molecule has 2 rings (SSSR count). The van der Waals surface area contributed by atoms with Crippen LogP contribution in [0.4, 0.5) is 0 Å². The molecule has 112 valence electrons. The van der Waals surface area contributed by atoms with E-state index in [1.54, 1.807) is 4.68 Å². The van der Waals surface area contributed by atoms with Gasteiger partial charge < -0.3 is 5.32 Å². The first-order valence-electron chi connectivity index (χ1n) is 6.50. The minimum Gasteiger partial charge on any atom is -0.312 e. The summed E-state index contributed by atoms with van der Waals surface area (Å²) in [4.78, 5) is 12.4. The molecule has 1 fully saturated rings. The van der Waals surface area contributed by atoms with E-state index in [-0.39, 0.29) is 35.8 Å². The number of carbonyl (C=O) groups is 1. The number of carbonyl (C=O) groups excluding carboxylic acids is 1. The Morgan fingerprint density at radius 2 is 2.30 bits per heavy atom. The molecule has 0 radical (unpaired) electrons. The summed E-state index contributed by atoms with van der Waals surface area (Å²) in [5.41, 5.74) is 0.353. The molecule has 1 aliphatic rings. The van der Waals surface area contributed by atoms with Gasteiger partial charge in [-0.2, -0.15) is 5.10 Å². The predicted molar refractivity (Wildman–Crippen MR) is 77.0 cm³/mol. The van der Waals surface area contributed by atoms with Gasteiger partial charge in [-0.25, -0.2) is 8.42 Å². The van der Waals surface area contributed by atoms with E-state index in [0.717, 1.165) is 0 Å². The summed E-state index contributed by atoms with van der Waals surface area (Å²) < 4.78 is 24.7. The van der Waals surface area contributed by atoms with Crippen molar-refractivity contribution in [3.05, 3.63) is 16.9 Å². The molecule has 0 amide bonds. The first kappa shape index (κ1) is 15.5. The van der Waals surface area contributed by atoms with Crippen molar-refractivity contribution in [2.75, 3.05) is 18.1 Å². The molecule has 1 aliphatic heterocycles. The third-order valence-corrected chi connectivity index (χ3v) is 5.25. The molecule has 0 bridgehead atoms. The summed E-state index contributed by atoms with van der Waals surface area (Å²) in [6, 6.07) is -0.336. The van der Waals surface area contributed by atoms with Crippen LogP contribution < -0.4 is 5.32 Å². The van der Waals surface area contributed by atoms with E-state index in [4.69, 9.17) is 11.6 Å². The van der Waals surface area contributed by atoms with Gasteiger partial charge in [0.2, 0.25) is 0 Å². The average molecular weight is 320 g/mol. The number of nitrogens with one attached hydrogen (secondary N) is 1. The fraction of sp³-hybridized carbons (Fsp3) is 0.667. The Morgan fingerprint density at radius 3 is 2.90 bits per heavy atom. The van der Waals surface area contributed by atoms with Gasteiger partial charge in [-0.05, 0) is 13.8 Å². The third kappa shape index (κ3) is 3.39. The number of aromatic nitrogens is 2. The second-order valence-electron chi connectivity index (χ2n) is 5.27. The second kappa shape index (κ2) is 5.83. The maximum atomic E-state index is 12.4. The van der Waals surface area contributed by atoms with Crippen LogP contribution in [0.5, 0.6) is 0 Å². The zero-order valence-corrected chi connectivity index (χ0v) is 13.0. The molecule has 1 aromatic heterocycles. The Labute approximate surface area is 123 Å². The zero-order valence-electron chi connectivity index (χ0n) is 11.5. The van der Waals surface area contributed by atoms with Gasteiger partial charge in [0.25, 0.3) is 0 Å². The van der Waals surface area contributed by atoms with E-state index in [2.05, 4.69) is 10.4 Å². The molecule has 1 aromatic rings. The fourth-order valence-electron chi connectivity index (χ4n) is 2.31. The van der Waals surface area contributed by atoms with E-state index in [0.29, 0.717) is 17.3 Å². The Hall–Kier alpha value is -0.920. The predicted octanol–water partition coefficient (Wildman–Crippen LogP) is 1.08. The molecule has 6 nitrogen and oxygen atoms in total. The number of Topliss-reactive ketones (excluding diaryl/α,β-unsaturated/α-hetero) is 1. The summed E-state index contributed by atoms with van der Waals surface area (Å²) in [6.07, 6.45) is 1.55. The topological polar surface area (TPSA) is 81.1 Å². The summed E-state index contributed by atoms with van der Waals surface area (Å²) in [5.74, 6) is -0.0649. The van der Waals surface area contributed by atoms with E-state index >= 15 is 0 Å². The largest absolute Gasteiger partial charge is 0.312 e. The van der Waals surface area contributed by atoms with Crippen molar-refractivity contribution in [3.8, 4) is 0 Å². The van der Waals surface area contributed by atoms with Crippen molar-refractivity contribution in [1.82, 2.24) is 15.1 Å². The smallest absolute Gasteiger partial charge is 0.183 e. The van der Waals surface area contributed by atoms with Gasteiger partial charge in [0.05, 0.1) is 22.7 Å². The van der Waals surface area contributed by atoms with Gasteiger partial charge in [0.1, 0.15) is 5.69 Å². The molecule has 1 N–H and O–H groups in total. The zero-order chi connectivity index (χ0) is 14.9. The highest BCUT2D eigenvalue weighted by Gasteiger charge is 2.28. The van der Waals surface area contributed by atoms with Crippen molar-refractivity contribution < 1.29 is 13.2 Å². The normalized spacial score (nSPS) is 22.1. The van der Waals surface area contributed by atoms with Crippen LogP contribution in [0.2, 0.25) is 5.02 Å². The van der Waals surface area contributed by atoms with Crippen LogP contribution in [0.25, 0.3) is 0 Å². The lowest BCUT2D eigenvalue weighted by molar-refractivity contribution is 0.0959. The van der Waals surface area contributed by atoms with Crippen LogP contribution in [0.1, 0.15) is 36.8 Å². The van der Waals surface area contributed by atoms with Crippen molar-refractivity contribution in [1.29, 1.82) is 0 Å². The van der Waals surface area contributed by atoms with Crippen molar-refractivity contribution in [2.45, 2.75) is 32.4 Å². The molecule has 0 aliphatic carbocycles. The van der Waals surface area contributed by atoms with Gasteiger partial charge in [-0.15, -0.1) is 0 Å². The number of ketones is 1. The molecule has 1 atom stereocenters. The van der Waals surface area contributed by atoms with Crippen molar-refractivity contribution >= 4 is 27.2 Å². The summed E-state index contributed by atoms with van der Waals surface area (Å²) >= 11 is 6.01. The molecule has 2 heterocycles. The van der Waals surface area contributed by atoms with Gasteiger partial charge >= 0.3 is 0 Å². The Balaban J connectivity index is 2.15. The highest BCUT2D eigenvalue weighted by molar-refractivity contribution is 7.91. The van der Waals surface area contributed by atoms with Crippen LogP contribution >= 0.6 is 11.6 Å². The van der Waals surface area contributed by atoms with Gasteiger partial charge in [-0.3, -0.25) is 9.48 Å². The minimum atomic E-state index is -3.05. The van der Waals surface area contributed by atoms with Crippen LogP contribution in [0.15, 0.2) is 6.20 Å². The van der Waals surface area contributed by atoms with E-state index < -0.39 is 9.84 Å². The third-order valence-electron chi connectivity index (χ3n) is 3.24. The Morgan fingerprint density at radius 1 is 1.60 bits per heavy atom. The van der Waals surface area contributed by atoms with E-state index in [1.807, 2.05) is 13.8 Å². The standard InChI is InChI=1S/C12H18ClN3O3S/c1-8(2)16-12(10(13)6-15-16)11(17)5-9-7-20(18,19)4-3-14-9/h6,8-9,14H,3-5,7H2,1-2H3. The van der Waals surface area contributed by atoms with Crippen LogP contribution in [0.3, 0.4) is 0 Å². The molecule has 0 saturated carbocycles. The number of sulfone groups is 1. The molecule has 1 saturated heterocycles. The molecular weight excluding hydrogens is 302 g/mol. The van der Waals surface area contributed by atoms with E-state index in [9.17, 15) is 13.2 Å². The molecular formula is C12H18ClN3O3S. The molecule has 0 aromatic carbocycles. The fourth-order valence-corrected chi connectivity index (χ4v) is 3.99. The maximum absolute atomic E-state index is 12.4. The lowest BCUT2D eigenvalue weighted by Gasteiger charge is -2.23. The highest BCUT2D eigenvalue weighted by Crippen LogP contribution is 2.21. The van der Waals surface area contributed by atoms with Crippen LogP contribution in [-0.2, 0) is 9.84 Å². The van der Waals surface area contributed by atoms with Gasteiger partial charge in [0, 0.05) is 25.0 Å². The number of hydrogen-bond donors (Lipinski definition) is 1. The highest BCUT2D eigenvalue weighted by atomic mass is 35.5. The second-order valence-corrected chi connectivity index (χ2v) is 7.91. The molecule has 20 heavy (non-hydrogen) atoms. The van der Waals surface area contributed by atoms with Crippen molar-refractivity contribution in [3.63, 3.8) is 0 Å². The maximum Gasteiger partial charge on any atom is 0.183 e. The number of rotatable bonds is 4. The van der Waals surface area contributed by atoms with Gasteiger partial charge in [-0.1, -0.05) is 11.6 Å². The molecule has 8 heteroatoms. The lowest BCUT2D eigenvalue weighted by atomic mass is 10.1. The van der Waals surface area contributed by atoms with Crippen LogP contribution in [-0.4, -0.2) is 48.1 Å². The monoisotopic (exact) mass is 319 g/mol. The average Bonchev–Trinajstić information content (AvgIpc) is 2.69. The Bertz CT molecular complexity index is 609. The minimum absolute atomic E-state index is 0.00776. The molecule has 1 unspecified atom stereocenters. The molecule has 0 spiro atoms. The first-order valence-corrected chi connectivity index (χ1v) is 8.70. The quantitative estimate of drug-likeness (QED) is 0.840. The summed E-state index contributed by atoms with van der Waals surface area (Å²) in [5, 5.41) is 7.45. The number of nitrogens with zero attached hydrogens (tertiary/aromatic N) is 2. The first-order chi connectivity index (χ1) is 9.30.